The van der Waals surface area contributed by atoms with Crippen LogP contribution in [0.25, 0.3) is 0 Å². The van der Waals surface area contributed by atoms with Crippen molar-refractivity contribution in [3.05, 3.63) is 29.3 Å². The summed E-state index contributed by atoms with van der Waals surface area (Å²) < 4.78 is 4.72. The summed E-state index contributed by atoms with van der Waals surface area (Å²) in [5, 5.41) is 10.3. The molecule has 2 fully saturated rings. The van der Waals surface area contributed by atoms with Gasteiger partial charge in [-0.25, -0.2) is 0 Å². The molecule has 1 heterocycles. The molecule has 3 rings (SSSR count). The molecule has 0 unspecified atom stereocenters. The third-order valence-electron chi connectivity index (χ3n) is 4.39. The lowest BCUT2D eigenvalue weighted by Gasteiger charge is -2.55. The number of aliphatic carboxylic acids is 1. The lowest BCUT2D eigenvalue weighted by Crippen LogP contribution is -2.56. The van der Waals surface area contributed by atoms with Gasteiger partial charge in [0.25, 0.3) is 0 Å². The molecular weight excluding hydrogens is 296 g/mol. The van der Waals surface area contributed by atoms with Crippen LogP contribution in [0.5, 0.6) is 0 Å². The van der Waals surface area contributed by atoms with Crippen molar-refractivity contribution in [2.45, 2.75) is 35.3 Å². The van der Waals surface area contributed by atoms with E-state index in [0.29, 0.717) is 5.02 Å². The average molecular weight is 313 g/mol. The molecule has 0 aromatic heterocycles. The van der Waals surface area contributed by atoms with Crippen molar-refractivity contribution in [1.29, 1.82) is 0 Å². The van der Waals surface area contributed by atoms with Gasteiger partial charge >= 0.3 is 5.97 Å². The molecule has 0 atom stereocenters. The Morgan fingerprint density at radius 2 is 1.80 bits per heavy atom. The van der Waals surface area contributed by atoms with Gasteiger partial charge in [-0.05, 0) is 55.4 Å². The van der Waals surface area contributed by atoms with Crippen molar-refractivity contribution in [2.75, 3.05) is 13.2 Å². The highest BCUT2D eigenvalue weighted by atomic mass is 35.5. The van der Waals surface area contributed by atoms with Gasteiger partial charge in [0.15, 0.2) is 0 Å². The summed E-state index contributed by atoms with van der Waals surface area (Å²) >= 11 is 7.33. The smallest absolute Gasteiger partial charge is 0.320 e. The largest absolute Gasteiger partial charge is 0.480 e. The van der Waals surface area contributed by atoms with E-state index in [4.69, 9.17) is 16.3 Å². The van der Waals surface area contributed by atoms with Crippen LogP contribution in [0.15, 0.2) is 29.2 Å². The maximum Gasteiger partial charge on any atom is 0.320 e. The highest BCUT2D eigenvalue weighted by Gasteiger charge is 2.59. The molecule has 0 bridgehead atoms. The zero-order chi connectivity index (χ0) is 14.2. The van der Waals surface area contributed by atoms with Gasteiger partial charge in [-0.2, -0.15) is 0 Å². The summed E-state index contributed by atoms with van der Waals surface area (Å²) in [4.78, 5) is 12.7. The molecule has 1 N–H and O–H groups in total. The standard InChI is InChI=1S/C15H17ClO3S/c16-11-1-3-12(4-2-11)20-15(13(17)18)9-14(10-15)5-7-19-8-6-14/h1-4H,5-10H2,(H,17,18). The third kappa shape index (κ3) is 2.57. The molecule has 1 spiro atoms. The van der Waals surface area contributed by atoms with E-state index in [9.17, 15) is 9.90 Å². The Kier molecular flexibility index (Phi) is 3.73. The fourth-order valence-electron chi connectivity index (χ4n) is 3.31. The highest BCUT2D eigenvalue weighted by molar-refractivity contribution is 8.01. The van der Waals surface area contributed by atoms with Crippen molar-refractivity contribution in [1.82, 2.24) is 0 Å². The maximum atomic E-state index is 11.7. The Bertz CT molecular complexity index is 500. The number of carboxylic acids is 1. The number of carboxylic acid groups (broad SMARTS) is 1. The van der Waals surface area contributed by atoms with Crippen LogP contribution >= 0.6 is 23.4 Å². The maximum absolute atomic E-state index is 11.7. The van der Waals surface area contributed by atoms with Crippen LogP contribution in [0.1, 0.15) is 25.7 Å². The van der Waals surface area contributed by atoms with E-state index < -0.39 is 10.7 Å². The van der Waals surface area contributed by atoms with Crippen LogP contribution in [-0.4, -0.2) is 29.0 Å². The molecular formula is C15H17ClO3S. The normalized spacial score (nSPS) is 23.2. The number of rotatable bonds is 3. The predicted molar refractivity (Wildman–Crippen MR) is 79.4 cm³/mol. The van der Waals surface area contributed by atoms with Gasteiger partial charge in [0.2, 0.25) is 0 Å². The molecule has 0 radical (unpaired) electrons. The van der Waals surface area contributed by atoms with Crippen molar-refractivity contribution in [3.8, 4) is 0 Å². The van der Waals surface area contributed by atoms with Gasteiger partial charge in [-0.1, -0.05) is 11.6 Å². The molecule has 1 aliphatic carbocycles. The van der Waals surface area contributed by atoms with Gasteiger partial charge in [-0.15, -0.1) is 11.8 Å². The van der Waals surface area contributed by atoms with Crippen LogP contribution in [0.4, 0.5) is 0 Å². The van der Waals surface area contributed by atoms with Crippen LogP contribution in [-0.2, 0) is 9.53 Å². The SMILES string of the molecule is O=C(O)C1(Sc2ccc(Cl)cc2)CC2(CCOCC2)C1. The lowest BCUT2D eigenvalue weighted by molar-refractivity contribution is -0.150. The van der Waals surface area contributed by atoms with E-state index in [-0.39, 0.29) is 5.41 Å². The first-order valence-electron chi connectivity index (χ1n) is 6.79. The molecule has 2 aliphatic rings. The number of halogens is 1. The summed E-state index contributed by atoms with van der Waals surface area (Å²) in [5.41, 5.74) is 0.191. The van der Waals surface area contributed by atoms with Crippen LogP contribution in [0.3, 0.4) is 0 Å². The molecule has 1 saturated heterocycles. The zero-order valence-corrected chi connectivity index (χ0v) is 12.7. The van der Waals surface area contributed by atoms with E-state index in [1.165, 1.54) is 11.8 Å². The second kappa shape index (κ2) is 5.24. The molecule has 1 aliphatic heterocycles. The second-order valence-corrected chi connectivity index (χ2v) is 7.71. The van der Waals surface area contributed by atoms with Crippen LogP contribution in [0, 0.1) is 5.41 Å². The molecule has 108 valence electrons. The van der Waals surface area contributed by atoms with Crippen LogP contribution < -0.4 is 0 Å². The Balaban J connectivity index is 1.74. The fourth-order valence-corrected chi connectivity index (χ4v) is 5.01. The van der Waals surface area contributed by atoms with E-state index >= 15 is 0 Å². The molecule has 20 heavy (non-hydrogen) atoms. The summed E-state index contributed by atoms with van der Waals surface area (Å²) in [6.45, 7) is 1.53. The first-order chi connectivity index (χ1) is 9.54. The summed E-state index contributed by atoms with van der Waals surface area (Å²) in [7, 11) is 0. The van der Waals surface area contributed by atoms with Gasteiger partial charge < -0.3 is 9.84 Å². The minimum Gasteiger partial charge on any atom is -0.480 e. The molecule has 1 aromatic rings. The molecule has 1 aromatic carbocycles. The highest BCUT2D eigenvalue weighted by Crippen LogP contribution is 2.61. The summed E-state index contributed by atoms with van der Waals surface area (Å²) in [5.74, 6) is -0.699. The predicted octanol–water partition coefficient (Wildman–Crippen LogP) is 3.85. The second-order valence-electron chi connectivity index (χ2n) is 5.82. The third-order valence-corrected chi connectivity index (χ3v) is 6.01. The fraction of sp³-hybridized carbons (Fsp3) is 0.533. The number of benzene rings is 1. The number of ether oxygens (including phenoxy) is 1. The Hall–Kier alpha value is -0.710. The molecule has 5 heteroatoms. The van der Waals surface area contributed by atoms with Crippen molar-refractivity contribution in [3.63, 3.8) is 0 Å². The minimum absolute atomic E-state index is 0.191. The lowest BCUT2D eigenvalue weighted by atomic mass is 9.57. The number of thioether (sulfide) groups is 1. The Morgan fingerprint density at radius 3 is 2.35 bits per heavy atom. The average Bonchev–Trinajstić information content (AvgIpc) is 2.40. The molecule has 0 amide bonds. The quantitative estimate of drug-likeness (QED) is 0.921. The van der Waals surface area contributed by atoms with E-state index in [1.54, 1.807) is 0 Å². The number of hydrogen-bond acceptors (Lipinski definition) is 3. The number of carbonyl (C=O) groups is 1. The number of hydrogen-bond donors (Lipinski definition) is 1. The summed E-state index contributed by atoms with van der Waals surface area (Å²) in [6, 6.07) is 7.41. The monoisotopic (exact) mass is 312 g/mol. The van der Waals surface area contributed by atoms with Gasteiger partial charge in [-0.3, -0.25) is 4.79 Å². The van der Waals surface area contributed by atoms with E-state index in [1.807, 2.05) is 24.3 Å². The minimum atomic E-state index is -0.699. The molecule has 1 saturated carbocycles. The van der Waals surface area contributed by atoms with Gasteiger partial charge in [0.1, 0.15) is 4.75 Å². The van der Waals surface area contributed by atoms with Crippen LogP contribution in [0.2, 0.25) is 5.02 Å². The zero-order valence-electron chi connectivity index (χ0n) is 11.1. The van der Waals surface area contributed by atoms with Crippen molar-refractivity contribution >= 4 is 29.3 Å². The van der Waals surface area contributed by atoms with Crippen molar-refractivity contribution in [2.24, 2.45) is 5.41 Å². The van der Waals surface area contributed by atoms with E-state index in [2.05, 4.69) is 0 Å². The molecule has 3 nitrogen and oxygen atoms in total. The van der Waals surface area contributed by atoms with E-state index in [0.717, 1.165) is 43.8 Å². The summed E-state index contributed by atoms with van der Waals surface area (Å²) in [6.07, 6.45) is 3.46. The Morgan fingerprint density at radius 1 is 1.20 bits per heavy atom. The van der Waals surface area contributed by atoms with Gasteiger partial charge in [0.05, 0.1) is 0 Å². The van der Waals surface area contributed by atoms with Gasteiger partial charge in [0, 0.05) is 23.1 Å². The topological polar surface area (TPSA) is 46.5 Å². The Labute approximate surface area is 127 Å². The first-order valence-corrected chi connectivity index (χ1v) is 7.99. The van der Waals surface area contributed by atoms with Crippen molar-refractivity contribution < 1.29 is 14.6 Å². The first kappa shape index (κ1) is 14.2.